The van der Waals surface area contributed by atoms with Gasteiger partial charge in [-0.3, -0.25) is 4.79 Å². The van der Waals surface area contributed by atoms with Gasteiger partial charge in [-0.05, 0) is 35.5 Å². The van der Waals surface area contributed by atoms with Gasteiger partial charge in [0.25, 0.3) is 0 Å². The smallest absolute Gasteiger partial charge is 0.137 e. The third-order valence-corrected chi connectivity index (χ3v) is 4.73. The van der Waals surface area contributed by atoms with E-state index in [-0.39, 0.29) is 5.41 Å². The molecule has 0 saturated heterocycles. The summed E-state index contributed by atoms with van der Waals surface area (Å²) in [6.45, 7) is 4.02. The summed E-state index contributed by atoms with van der Waals surface area (Å²) in [5, 5.41) is 0. The van der Waals surface area contributed by atoms with Crippen molar-refractivity contribution in [2.75, 3.05) is 0 Å². The van der Waals surface area contributed by atoms with Gasteiger partial charge >= 0.3 is 0 Å². The Kier molecular flexibility index (Phi) is 1.35. The Morgan fingerprint density at radius 2 is 2.25 bits per heavy atom. The third kappa shape index (κ3) is 0.858. The molecular formula is C15H14O. The lowest BCUT2D eigenvalue weighted by Gasteiger charge is -2.45. The van der Waals surface area contributed by atoms with Gasteiger partial charge in [0.1, 0.15) is 5.78 Å². The molecule has 0 heterocycles. The predicted molar refractivity (Wildman–Crippen MR) is 62.7 cm³/mol. The van der Waals surface area contributed by atoms with Crippen LogP contribution in [0.15, 0.2) is 47.6 Å². The predicted octanol–water partition coefficient (Wildman–Crippen LogP) is 2.96. The Balaban J connectivity index is 1.80. The summed E-state index contributed by atoms with van der Waals surface area (Å²) in [4.78, 5) is 11.8. The molecule has 80 valence electrons. The molecule has 1 spiro atoms. The minimum absolute atomic E-state index is 0.225. The zero-order chi connectivity index (χ0) is 10.9. The van der Waals surface area contributed by atoms with Crippen molar-refractivity contribution in [2.45, 2.75) is 19.3 Å². The molecule has 0 aromatic heterocycles. The van der Waals surface area contributed by atoms with E-state index in [2.05, 4.69) is 24.8 Å². The maximum atomic E-state index is 11.8. The lowest BCUT2D eigenvalue weighted by Crippen LogP contribution is -2.35. The minimum Gasteiger partial charge on any atom is -0.299 e. The molecule has 4 rings (SSSR count). The molecule has 0 N–H and O–H groups in total. The maximum Gasteiger partial charge on any atom is 0.137 e. The first-order valence-electron chi connectivity index (χ1n) is 6.02. The largest absolute Gasteiger partial charge is 0.299 e. The number of allylic oxidation sites excluding steroid dienone is 7. The molecule has 1 nitrogen and oxygen atoms in total. The summed E-state index contributed by atoms with van der Waals surface area (Å²) >= 11 is 0. The van der Waals surface area contributed by atoms with Crippen molar-refractivity contribution in [3.8, 4) is 0 Å². The lowest BCUT2D eigenvalue weighted by molar-refractivity contribution is -0.119. The number of hydrogen-bond donors (Lipinski definition) is 0. The monoisotopic (exact) mass is 210 g/mol. The Morgan fingerprint density at radius 3 is 2.94 bits per heavy atom. The molecule has 0 bridgehead atoms. The fourth-order valence-corrected chi connectivity index (χ4v) is 3.87. The Hall–Kier alpha value is -1.37. The normalized spacial score (nSPS) is 43.2. The van der Waals surface area contributed by atoms with Crippen molar-refractivity contribution < 1.29 is 4.79 Å². The van der Waals surface area contributed by atoms with E-state index < -0.39 is 0 Å². The van der Waals surface area contributed by atoms with E-state index in [1.54, 1.807) is 0 Å². The average molecular weight is 210 g/mol. The molecule has 0 aromatic carbocycles. The topological polar surface area (TPSA) is 17.1 Å². The molecule has 3 saturated carbocycles. The number of carbonyl (C=O) groups excluding carboxylic acids is 1. The molecule has 4 aliphatic rings. The van der Waals surface area contributed by atoms with Crippen LogP contribution in [0.4, 0.5) is 0 Å². The molecule has 0 amide bonds. The van der Waals surface area contributed by atoms with E-state index in [0.717, 1.165) is 24.8 Å². The lowest BCUT2D eigenvalue weighted by atomic mass is 9.58. The van der Waals surface area contributed by atoms with Gasteiger partial charge in [0, 0.05) is 17.8 Å². The van der Waals surface area contributed by atoms with E-state index in [4.69, 9.17) is 0 Å². The van der Waals surface area contributed by atoms with Gasteiger partial charge in [0.05, 0.1) is 0 Å². The first-order valence-corrected chi connectivity index (χ1v) is 6.02. The van der Waals surface area contributed by atoms with Crippen molar-refractivity contribution in [3.63, 3.8) is 0 Å². The molecule has 16 heavy (non-hydrogen) atoms. The second kappa shape index (κ2) is 2.48. The quantitative estimate of drug-likeness (QED) is 0.600. The minimum atomic E-state index is 0.225. The van der Waals surface area contributed by atoms with Crippen molar-refractivity contribution in [1.82, 2.24) is 0 Å². The van der Waals surface area contributed by atoms with Gasteiger partial charge < -0.3 is 0 Å². The van der Waals surface area contributed by atoms with Crippen LogP contribution in [0.2, 0.25) is 0 Å². The first kappa shape index (κ1) is 8.74. The molecule has 4 aliphatic carbocycles. The van der Waals surface area contributed by atoms with Crippen LogP contribution in [-0.2, 0) is 4.79 Å². The number of hydrogen-bond acceptors (Lipinski definition) is 1. The zero-order valence-corrected chi connectivity index (χ0v) is 9.20. The second-order valence-corrected chi connectivity index (χ2v) is 5.61. The van der Waals surface area contributed by atoms with E-state index >= 15 is 0 Å². The standard InChI is InChI=1S/C15H14O/c1-9-3-2-4-10-7-15(12(10)5-9)8-14(16)11-6-13(11)15/h2-5,11,13H,1,6-8H2. The number of fused-ring (bicyclic) bond motifs is 4. The van der Waals surface area contributed by atoms with Crippen LogP contribution in [0.3, 0.4) is 0 Å². The summed E-state index contributed by atoms with van der Waals surface area (Å²) in [5.74, 6) is 1.58. The molecule has 3 atom stereocenters. The number of Topliss-reactive ketones (excluding diaryl/α,β-unsaturated/α-hetero) is 1. The van der Waals surface area contributed by atoms with Gasteiger partial charge in [0.2, 0.25) is 0 Å². The second-order valence-electron chi connectivity index (χ2n) is 5.61. The van der Waals surface area contributed by atoms with Crippen LogP contribution >= 0.6 is 0 Å². The summed E-state index contributed by atoms with van der Waals surface area (Å²) in [6, 6.07) is 0. The van der Waals surface area contributed by atoms with Crippen LogP contribution in [0.5, 0.6) is 0 Å². The highest BCUT2D eigenvalue weighted by molar-refractivity contribution is 5.90. The highest BCUT2D eigenvalue weighted by Gasteiger charge is 2.67. The van der Waals surface area contributed by atoms with Crippen molar-refractivity contribution in [2.24, 2.45) is 17.3 Å². The highest BCUT2D eigenvalue weighted by atomic mass is 16.1. The molecule has 0 aliphatic heterocycles. The number of ketones is 1. The molecule has 0 radical (unpaired) electrons. The van der Waals surface area contributed by atoms with Crippen molar-refractivity contribution in [1.29, 1.82) is 0 Å². The highest BCUT2D eigenvalue weighted by Crippen LogP contribution is 2.72. The Morgan fingerprint density at radius 1 is 1.38 bits per heavy atom. The fraction of sp³-hybridized carbons (Fsp3) is 0.400. The molecule has 3 fully saturated rings. The van der Waals surface area contributed by atoms with Gasteiger partial charge in [-0.15, -0.1) is 0 Å². The molecule has 1 heteroatoms. The van der Waals surface area contributed by atoms with Crippen LogP contribution in [-0.4, -0.2) is 5.78 Å². The first-order chi connectivity index (χ1) is 7.71. The Bertz CT molecular complexity index is 518. The molecule has 0 aromatic rings. The average Bonchev–Trinajstić information content (AvgIpc) is 2.98. The summed E-state index contributed by atoms with van der Waals surface area (Å²) in [7, 11) is 0. The fourth-order valence-electron chi connectivity index (χ4n) is 3.87. The number of carbonyl (C=O) groups is 1. The van der Waals surface area contributed by atoms with E-state index in [9.17, 15) is 4.79 Å². The maximum absolute atomic E-state index is 11.8. The van der Waals surface area contributed by atoms with Gasteiger partial charge in [-0.25, -0.2) is 0 Å². The van der Waals surface area contributed by atoms with Crippen molar-refractivity contribution in [3.05, 3.63) is 47.6 Å². The Labute approximate surface area is 95.2 Å². The molecule has 3 unspecified atom stereocenters. The van der Waals surface area contributed by atoms with Crippen LogP contribution in [0.25, 0.3) is 0 Å². The van der Waals surface area contributed by atoms with Gasteiger partial charge in [0.15, 0.2) is 0 Å². The van der Waals surface area contributed by atoms with E-state index in [0.29, 0.717) is 17.6 Å². The van der Waals surface area contributed by atoms with Gasteiger partial charge in [-0.2, -0.15) is 0 Å². The zero-order valence-electron chi connectivity index (χ0n) is 9.20. The SMILES string of the molecule is C=C1C=CC=C2CC3(CC(=O)C4CC43)C2=C1. The summed E-state index contributed by atoms with van der Waals surface area (Å²) < 4.78 is 0. The summed E-state index contributed by atoms with van der Waals surface area (Å²) in [5.41, 5.74) is 4.13. The molecular weight excluding hydrogens is 196 g/mol. The van der Waals surface area contributed by atoms with Crippen LogP contribution in [0, 0.1) is 17.3 Å². The third-order valence-electron chi connectivity index (χ3n) is 4.73. The van der Waals surface area contributed by atoms with Crippen LogP contribution in [0.1, 0.15) is 19.3 Å². The van der Waals surface area contributed by atoms with Crippen molar-refractivity contribution >= 4 is 5.78 Å². The number of rotatable bonds is 0. The van der Waals surface area contributed by atoms with Crippen LogP contribution < -0.4 is 0 Å². The summed E-state index contributed by atoms with van der Waals surface area (Å²) in [6.07, 6.45) is 11.6. The van der Waals surface area contributed by atoms with E-state index in [1.807, 2.05) is 6.08 Å². The van der Waals surface area contributed by atoms with E-state index in [1.165, 1.54) is 11.1 Å². The van der Waals surface area contributed by atoms with Gasteiger partial charge in [-0.1, -0.05) is 30.9 Å².